The van der Waals surface area contributed by atoms with Gasteiger partial charge in [0.2, 0.25) is 0 Å². The first kappa shape index (κ1) is 14.9. The molecule has 19 heavy (non-hydrogen) atoms. The van der Waals surface area contributed by atoms with E-state index in [1.807, 2.05) is 0 Å². The molecular weight excluding hydrogens is 252 g/mol. The fourth-order valence-corrected chi connectivity index (χ4v) is 1.40. The van der Waals surface area contributed by atoms with Gasteiger partial charge in [-0.2, -0.15) is 0 Å². The van der Waals surface area contributed by atoms with Crippen LogP contribution in [0.2, 0.25) is 0 Å². The minimum Gasteiger partial charge on any atom is -0.496 e. The summed E-state index contributed by atoms with van der Waals surface area (Å²) in [5.41, 5.74) is 5.28. The van der Waals surface area contributed by atoms with Gasteiger partial charge in [-0.3, -0.25) is 0 Å². The summed E-state index contributed by atoms with van der Waals surface area (Å²) >= 11 is 0. The topological polar surface area (TPSA) is 107 Å². The summed E-state index contributed by atoms with van der Waals surface area (Å²) in [6.07, 6.45) is -0.842. The van der Waals surface area contributed by atoms with Crippen molar-refractivity contribution < 1.29 is 24.5 Å². The summed E-state index contributed by atoms with van der Waals surface area (Å²) in [7, 11) is 3.07. The van der Waals surface area contributed by atoms with Crippen LogP contribution in [0.1, 0.15) is 6.42 Å². The van der Waals surface area contributed by atoms with Crippen molar-refractivity contribution in [1.29, 1.82) is 0 Å². The lowest BCUT2D eigenvalue weighted by Gasteiger charge is -2.13. The molecule has 0 aliphatic heterocycles. The normalized spacial score (nSPS) is 12.9. The van der Waals surface area contributed by atoms with Crippen molar-refractivity contribution in [2.75, 3.05) is 20.8 Å². The number of ether oxygens (including phenoxy) is 3. The summed E-state index contributed by atoms with van der Waals surface area (Å²) in [5, 5.41) is 20.8. The van der Waals surface area contributed by atoms with E-state index in [-0.39, 0.29) is 18.9 Å². The van der Waals surface area contributed by atoms with E-state index in [1.54, 1.807) is 18.2 Å². The monoisotopic (exact) mass is 270 g/mol. The summed E-state index contributed by atoms with van der Waals surface area (Å²) in [4.78, 5) is 0. The average molecular weight is 270 g/mol. The van der Waals surface area contributed by atoms with Crippen molar-refractivity contribution in [2.24, 2.45) is 10.9 Å². The number of amidine groups is 1. The van der Waals surface area contributed by atoms with Crippen LogP contribution >= 0.6 is 0 Å². The number of hydrogen-bond acceptors (Lipinski definition) is 6. The van der Waals surface area contributed by atoms with Gasteiger partial charge in [0.1, 0.15) is 29.7 Å². The smallest absolute Gasteiger partial charge is 0.141 e. The third-order valence-corrected chi connectivity index (χ3v) is 2.34. The number of nitrogens with zero attached hydrogens (tertiary/aromatic N) is 1. The molecule has 0 aliphatic carbocycles. The van der Waals surface area contributed by atoms with Crippen LogP contribution in [0.4, 0.5) is 0 Å². The van der Waals surface area contributed by atoms with Gasteiger partial charge in [0.05, 0.1) is 20.3 Å². The molecule has 7 heteroatoms. The lowest BCUT2D eigenvalue weighted by Crippen LogP contribution is -2.25. The molecule has 1 atom stereocenters. The molecule has 7 nitrogen and oxygen atoms in total. The molecule has 0 spiro atoms. The van der Waals surface area contributed by atoms with Gasteiger partial charge in [0, 0.05) is 24.6 Å². The number of rotatable bonds is 7. The molecule has 0 aliphatic rings. The molecule has 0 fully saturated rings. The minimum absolute atomic E-state index is 0.00649. The van der Waals surface area contributed by atoms with E-state index in [2.05, 4.69) is 5.16 Å². The second kappa shape index (κ2) is 7.32. The van der Waals surface area contributed by atoms with E-state index >= 15 is 0 Å². The number of oxime groups is 1. The largest absolute Gasteiger partial charge is 0.496 e. The first-order chi connectivity index (χ1) is 9.08. The molecule has 0 bridgehead atoms. The second-order valence-electron chi connectivity index (χ2n) is 3.81. The predicted octanol–water partition coefficient (Wildman–Crippen LogP) is 0.580. The van der Waals surface area contributed by atoms with Crippen LogP contribution in [0.15, 0.2) is 23.4 Å². The number of benzene rings is 1. The van der Waals surface area contributed by atoms with E-state index in [4.69, 9.17) is 25.2 Å². The Balaban J connectivity index is 2.61. The highest BCUT2D eigenvalue weighted by atomic mass is 16.5. The molecule has 0 amide bonds. The van der Waals surface area contributed by atoms with E-state index < -0.39 is 6.10 Å². The molecular formula is C12H18N2O5. The number of aliphatic hydroxyl groups excluding tert-OH is 1. The minimum atomic E-state index is -0.868. The van der Waals surface area contributed by atoms with Gasteiger partial charge in [-0.05, 0) is 0 Å². The molecule has 1 aromatic carbocycles. The van der Waals surface area contributed by atoms with Gasteiger partial charge >= 0.3 is 0 Å². The summed E-state index contributed by atoms with van der Waals surface area (Å²) < 4.78 is 15.6. The van der Waals surface area contributed by atoms with Gasteiger partial charge in [0.15, 0.2) is 0 Å². The maximum atomic E-state index is 9.61. The van der Waals surface area contributed by atoms with E-state index in [9.17, 15) is 5.11 Å². The quantitative estimate of drug-likeness (QED) is 0.289. The zero-order valence-corrected chi connectivity index (χ0v) is 10.9. The Labute approximate surface area is 111 Å². The van der Waals surface area contributed by atoms with Crippen molar-refractivity contribution >= 4 is 5.84 Å². The fraction of sp³-hybridized carbons (Fsp3) is 0.417. The number of aliphatic hydroxyl groups is 1. The Morgan fingerprint density at radius 3 is 2.21 bits per heavy atom. The van der Waals surface area contributed by atoms with Crippen molar-refractivity contribution in [3.05, 3.63) is 18.2 Å². The highest BCUT2D eigenvalue weighted by Gasteiger charge is 2.09. The van der Waals surface area contributed by atoms with Crippen LogP contribution in [0, 0.1) is 0 Å². The third kappa shape index (κ3) is 4.92. The molecule has 1 aromatic rings. The Morgan fingerprint density at radius 2 is 1.74 bits per heavy atom. The molecule has 0 saturated heterocycles. The standard InChI is InChI=1S/C12H18N2O5/c1-17-9-4-10(18-2)6-11(5-9)19-7-8(15)3-12(13)14-16/h4-6,8,15-16H,3,7H2,1-2H3,(H2,13,14). The maximum Gasteiger partial charge on any atom is 0.141 e. The fourth-order valence-electron chi connectivity index (χ4n) is 1.40. The molecule has 0 heterocycles. The summed E-state index contributed by atoms with van der Waals surface area (Å²) in [6.45, 7) is 0.00649. The van der Waals surface area contributed by atoms with Crippen molar-refractivity contribution in [3.8, 4) is 17.2 Å². The third-order valence-electron chi connectivity index (χ3n) is 2.34. The highest BCUT2D eigenvalue weighted by molar-refractivity contribution is 5.80. The van der Waals surface area contributed by atoms with Crippen molar-refractivity contribution in [2.45, 2.75) is 12.5 Å². The molecule has 106 valence electrons. The van der Waals surface area contributed by atoms with Gasteiger partial charge in [-0.1, -0.05) is 5.16 Å². The van der Waals surface area contributed by atoms with E-state index in [1.165, 1.54) is 14.2 Å². The summed E-state index contributed by atoms with van der Waals surface area (Å²) in [5.74, 6) is 1.61. The number of methoxy groups -OCH3 is 2. The number of nitrogens with two attached hydrogens (primary N) is 1. The lowest BCUT2D eigenvalue weighted by molar-refractivity contribution is 0.112. The maximum absolute atomic E-state index is 9.61. The Hall–Kier alpha value is -2.15. The molecule has 0 saturated carbocycles. The van der Waals surface area contributed by atoms with Crippen LogP contribution < -0.4 is 19.9 Å². The first-order valence-corrected chi connectivity index (χ1v) is 5.59. The van der Waals surface area contributed by atoms with Crippen molar-refractivity contribution in [3.63, 3.8) is 0 Å². The zero-order chi connectivity index (χ0) is 14.3. The molecule has 1 rings (SSSR count). The van der Waals surface area contributed by atoms with Crippen LogP contribution in [0.5, 0.6) is 17.2 Å². The van der Waals surface area contributed by atoms with Crippen LogP contribution in [0.3, 0.4) is 0 Å². The second-order valence-corrected chi connectivity index (χ2v) is 3.81. The Bertz CT molecular complexity index is 414. The van der Waals surface area contributed by atoms with E-state index in [0.717, 1.165) is 0 Å². The van der Waals surface area contributed by atoms with Gasteiger partial charge in [-0.25, -0.2) is 0 Å². The molecule has 0 radical (unpaired) electrons. The highest BCUT2D eigenvalue weighted by Crippen LogP contribution is 2.27. The zero-order valence-electron chi connectivity index (χ0n) is 10.9. The van der Waals surface area contributed by atoms with Gasteiger partial charge < -0.3 is 30.3 Å². The lowest BCUT2D eigenvalue weighted by atomic mass is 10.2. The number of hydrogen-bond donors (Lipinski definition) is 3. The predicted molar refractivity (Wildman–Crippen MR) is 69.1 cm³/mol. The van der Waals surface area contributed by atoms with Crippen LogP contribution in [0.25, 0.3) is 0 Å². The average Bonchev–Trinajstić information content (AvgIpc) is 2.44. The molecule has 4 N–H and O–H groups in total. The van der Waals surface area contributed by atoms with Crippen LogP contribution in [-0.2, 0) is 0 Å². The van der Waals surface area contributed by atoms with Gasteiger partial charge in [0.25, 0.3) is 0 Å². The van der Waals surface area contributed by atoms with Crippen LogP contribution in [-0.4, -0.2) is 43.1 Å². The SMILES string of the molecule is COc1cc(OC)cc(OCC(O)C/C(N)=N/O)c1. The Kier molecular flexibility index (Phi) is 5.74. The Morgan fingerprint density at radius 1 is 1.21 bits per heavy atom. The molecule has 1 unspecified atom stereocenters. The van der Waals surface area contributed by atoms with Crippen molar-refractivity contribution in [1.82, 2.24) is 0 Å². The molecule has 0 aromatic heterocycles. The van der Waals surface area contributed by atoms with E-state index in [0.29, 0.717) is 17.2 Å². The first-order valence-electron chi connectivity index (χ1n) is 5.59. The summed E-state index contributed by atoms with van der Waals surface area (Å²) in [6, 6.07) is 5.04. The van der Waals surface area contributed by atoms with Gasteiger partial charge in [-0.15, -0.1) is 0 Å².